The number of amides is 1. The third kappa shape index (κ3) is 4.57. The van der Waals surface area contributed by atoms with Crippen LogP contribution in [-0.2, 0) is 9.53 Å². The number of hydrogen-bond acceptors (Lipinski definition) is 2. The number of fused-ring (bicyclic) bond motifs is 2. The molecule has 1 aromatic carbocycles. The molecule has 3 nitrogen and oxygen atoms in total. The van der Waals surface area contributed by atoms with Crippen LogP contribution < -0.4 is 5.32 Å². The fourth-order valence-electron chi connectivity index (χ4n) is 4.32. The van der Waals surface area contributed by atoms with E-state index in [2.05, 4.69) is 24.4 Å². The topological polar surface area (TPSA) is 38.3 Å². The summed E-state index contributed by atoms with van der Waals surface area (Å²) in [6.45, 7) is 3.48. The number of ether oxygens (including phenoxy) is 1. The van der Waals surface area contributed by atoms with Gasteiger partial charge >= 0.3 is 0 Å². The highest BCUT2D eigenvalue weighted by atomic mass is 16.5. The minimum Gasteiger partial charge on any atom is -0.374 e. The molecule has 2 bridgehead atoms. The van der Waals surface area contributed by atoms with E-state index in [-0.39, 0.29) is 12.0 Å². The molecular weight excluding hydrogens is 286 g/mol. The van der Waals surface area contributed by atoms with Gasteiger partial charge in [0.25, 0.3) is 0 Å². The van der Waals surface area contributed by atoms with E-state index >= 15 is 0 Å². The summed E-state index contributed by atoms with van der Waals surface area (Å²) in [6.07, 6.45) is 7.15. The predicted octanol–water partition coefficient (Wildman–Crippen LogP) is 4.10. The van der Waals surface area contributed by atoms with E-state index in [9.17, 15) is 4.79 Å². The Hall–Kier alpha value is -1.35. The average molecular weight is 315 g/mol. The van der Waals surface area contributed by atoms with Crippen molar-refractivity contribution in [1.82, 2.24) is 5.32 Å². The van der Waals surface area contributed by atoms with Crippen molar-refractivity contribution in [1.29, 1.82) is 0 Å². The summed E-state index contributed by atoms with van der Waals surface area (Å²) in [5.41, 5.74) is 1.20. The second-order valence-electron chi connectivity index (χ2n) is 7.27. The number of nitrogens with one attached hydrogen (secondary N) is 1. The summed E-state index contributed by atoms with van der Waals surface area (Å²) in [5.74, 6) is 2.65. The van der Waals surface area contributed by atoms with E-state index in [0.29, 0.717) is 12.5 Å². The molecule has 0 aromatic heterocycles. The molecule has 0 saturated heterocycles. The van der Waals surface area contributed by atoms with Gasteiger partial charge in [-0.25, -0.2) is 0 Å². The Morgan fingerprint density at radius 1 is 1.26 bits per heavy atom. The Bertz CT molecular complexity index is 502. The minimum absolute atomic E-state index is 0.112. The molecule has 3 heteroatoms. The van der Waals surface area contributed by atoms with Crippen LogP contribution in [0, 0.1) is 17.8 Å². The molecule has 2 aliphatic rings. The third-order valence-electron chi connectivity index (χ3n) is 5.61. The lowest BCUT2D eigenvalue weighted by Crippen LogP contribution is -2.28. The quantitative estimate of drug-likeness (QED) is 0.734. The van der Waals surface area contributed by atoms with Crippen molar-refractivity contribution in [2.45, 2.75) is 51.6 Å². The van der Waals surface area contributed by atoms with E-state index in [4.69, 9.17) is 4.74 Å². The Morgan fingerprint density at radius 3 is 2.78 bits per heavy atom. The lowest BCUT2D eigenvalue weighted by molar-refractivity contribution is -0.122. The van der Waals surface area contributed by atoms with Gasteiger partial charge in [0.05, 0.1) is 6.10 Å². The average Bonchev–Trinajstić information content (AvgIpc) is 3.18. The lowest BCUT2D eigenvalue weighted by Gasteiger charge is -2.21. The van der Waals surface area contributed by atoms with Crippen molar-refractivity contribution >= 4 is 5.91 Å². The summed E-state index contributed by atoms with van der Waals surface area (Å²) in [4.78, 5) is 12.0. The zero-order valence-corrected chi connectivity index (χ0v) is 14.2. The molecule has 3 rings (SSSR count). The fourth-order valence-corrected chi connectivity index (χ4v) is 4.32. The molecular formula is C20H29NO2. The number of carbonyl (C=O) groups excluding carboxylic acids is 1. The first-order chi connectivity index (χ1) is 11.2. The zero-order valence-electron chi connectivity index (χ0n) is 14.2. The minimum atomic E-state index is 0.112. The first-order valence-corrected chi connectivity index (χ1v) is 9.15. The van der Waals surface area contributed by atoms with Crippen molar-refractivity contribution in [2.75, 3.05) is 13.2 Å². The largest absolute Gasteiger partial charge is 0.374 e. The van der Waals surface area contributed by atoms with Gasteiger partial charge in [-0.2, -0.15) is 0 Å². The molecule has 1 N–H and O–H groups in total. The molecule has 2 saturated carbocycles. The normalized spacial score (nSPS) is 27.1. The highest BCUT2D eigenvalue weighted by molar-refractivity contribution is 5.76. The van der Waals surface area contributed by atoms with Gasteiger partial charge in [-0.15, -0.1) is 0 Å². The van der Waals surface area contributed by atoms with Crippen LogP contribution in [0.5, 0.6) is 0 Å². The molecule has 0 radical (unpaired) electrons. The van der Waals surface area contributed by atoms with Crippen molar-refractivity contribution in [3.05, 3.63) is 35.9 Å². The summed E-state index contributed by atoms with van der Waals surface area (Å²) < 4.78 is 5.83. The molecule has 1 amide bonds. The van der Waals surface area contributed by atoms with E-state index in [1.165, 1.54) is 31.2 Å². The monoisotopic (exact) mass is 315 g/mol. The van der Waals surface area contributed by atoms with E-state index in [1.54, 1.807) is 0 Å². The summed E-state index contributed by atoms with van der Waals surface area (Å²) >= 11 is 0. The van der Waals surface area contributed by atoms with Gasteiger partial charge in [-0.3, -0.25) is 4.79 Å². The van der Waals surface area contributed by atoms with Crippen molar-refractivity contribution in [3.8, 4) is 0 Å². The molecule has 4 unspecified atom stereocenters. The van der Waals surface area contributed by atoms with E-state index in [0.717, 1.165) is 31.2 Å². The van der Waals surface area contributed by atoms with Crippen LogP contribution in [0.25, 0.3) is 0 Å². The molecule has 2 aliphatic carbocycles. The molecule has 0 aliphatic heterocycles. The maximum atomic E-state index is 12.0. The van der Waals surface area contributed by atoms with Gasteiger partial charge in [-0.05, 0) is 55.9 Å². The maximum absolute atomic E-state index is 12.0. The van der Waals surface area contributed by atoms with Crippen LogP contribution in [0.15, 0.2) is 30.3 Å². The summed E-state index contributed by atoms with van der Waals surface area (Å²) in [5, 5.41) is 3.06. The Kier molecular flexibility index (Phi) is 5.71. The van der Waals surface area contributed by atoms with Crippen molar-refractivity contribution in [3.63, 3.8) is 0 Å². The van der Waals surface area contributed by atoms with Crippen LogP contribution in [0.1, 0.15) is 57.1 Å². The van der Waals surface area contributed by atoms with E-state index < -0.39 is 0 Å². The smallest absolute Gasteiger partial charge is 0.220 e. The zero-order chi connectivity index (χ0) is 16.1. The second-order valence-corrected chi connectivity index (χ2v) is 7.27. The van der Waals surface area contributed by atoms with Crippen LogP contribution >= 0.6 is 0 Å². The Balaban J connectivity index is 1.26. The number of carbonyl (C=O) groups is 1. The van der Waals surface area contributed by atoms with Crippen LogP contribution in [-0.4, -0.2) is 19.1 Å². The van der Waals surface area contributed by atoms with E-state index in [1.807, 2.05) is 18.2 Å². The molecule has 23 heavy (non-hydrogen) atoms. The van der Waals surface area contributed by atoms with Crippen LogP contribution in [0.4, 0.5) is 0 Å². The fraction of sp³-hybridized carbons (Fsp3) is 0.650. The predicted molar refractivity (Wildman–Crippen MR) is 92.0 cm³/mol. The van der Waals surface area contributed by atoms with Gasteiger partial charge in [0.1, 0.15) is 0 Å². The SMILES string of the molecule is CC(OCCCNC(=O)CC1CC2CCC1C2)c1ccccc1. The van der Waals surface area contributed by atoms with Gasteiger partial charge in [-0.1, -0.05) is 36.8 Å². The maximum Gasteiger partial charge on any atom is 0.220 e. The Labute approximate surface area is 139 Å². The highest BCUT2D eigenvalue weighted by Gasteiger charge is 2.39. The number of benzene rings is 1. The molecule has 1 aromatic rings. The number of rotatable bonds is 8. The van der Waals surface area contributed by atoms with Crippen LogP contribution in [0.3, 0.4) is 0 Å². The summed E-state index contributed by atoms with van der Waals surface area (Å²) in [6, 6.07) is 10.3. The molecule has 2 fully saturated rings. The van der Waals surface area contributed by atoms with Gasteiger partial charge in [0.2, 0.25) is 5.91 Å². The van der Waals surface area contributed by atoms with Gasteiger partial charge in [0.15, 0.2) is 0 Å². The first kappa shape index (κ1) is 16.5. The highest BCUT2D eigenvalue weighted by Crippen LogP contribution is 2.49. The number of hydrogen-bond donors (Lipinski definition) is 1. The molecule has 126 valence electrons. The Morgan fingerprint density at radius 2 is 2.09 bits per heavy atom. The standard InChI is InChI=1S/C20H29NO2/c1-15(17-6-3-2-4-7-17)23-11-5-10-21-20(22)14-19-13-16-8-9-18(19)12-16/h2-4,6-7,15-16,18-19H,5,8-14H2,1H3,(H,21,22). The van der Waals surface area contributed by atoms with Gasteiger partial charge < -0.3 is 10.1 Å². The second kappa shape index (κ2) is 7.96. The third-order valence-corrected chi connectivity index (χ3v) is 5.61. The lowest BCUT2D eigenvalue weighted by atomic mass is 9.86. The van der Waals surface area contributed by atoms with Gasteiger partial charge in [0, 0.05) is 19.6 Å². The van der Waals surface area contributed by atoms with Crippen molar-refractivity contribution < 1.29 is 9.53 Å². The summed E-state index contributed by atoms with van der Waals surface area (Å²) in [7, 11) is 0. The first-order valence-electron chi connectivity index (χ1n) is 9.15. The van der Waals surface area contributed by atoms with Crippen LogP contribution in [0.2, 0.25) is 0 Å². The van der Waals surface area contributed by atoms with Crippen molar-refractivity contribution in [2.24, 2.45) is 17.8 Å². The molecule has 0 spiro atoms. The molecule has 0 heterocycles. The molecule has 4 atom stereocenters.